The van der Waals surface area contributed by atoms with E-state index in [0.717, 1.165) is 6.20 Å². The van der Waals surface area contributed by atoms with Gasteiger partial charge >= 0.3 is 18.0 Å². The molecule has 0 aliphatic carbocycles. The Kier molecular flexibility index (Phi) is 4.26. The minimum absolute atomic E-state index is 0.206. The molecule has 0 spiro atoms. The molecule has 1 aromatic rings. The van der Waals surface area contributed by atoms with E-state index in [1.165, 1.54) is 24.0 Å². The van der Waals surface area contributed by atoms with E-state index in [-0.39, 0.29) is 5.56 Å². The molecule has 1 amide bonds. The van der Waals surface area contributed by atoms with Gasteiger partial charge in [0.1, 0.15) is 0 Å². The zero-order valence-corrected chi connectivity index (χ0v) is 10.7. The molecule has 0 radical (unpaired) electrons. The lowest BCUT2D eigenvalue weighted by atomic mass is 10.1. The largest absolute Gasteiger partial charge is 0.460 e. The zero-order chi connectivity index (χ0) is 16.6. The number of aryl methyl sites for hydroxylation is 1. The molecule has 0 fully saturated rings. The monoisotopic (exact) mass is 321 g/mol. The van der Waals surface area contributed by atoms with Crippen molar-refractivity contribution < 1.29 is 35.5 Å². The van der Waals surface area contributed by atoms with Crippen molar-refractivity contribution in [1.82, 2.24) is 15.1 Å². The third-order valence-corrected chi connectivity index (χ3v) is 2.81. The minimum atomic E-state index is -6.54. The van der Waals surface area contributed by atoms with Crippen molar-refractivity contribution in [2.75, 3.05) is 0 Å². The topological polar surface area (TPSA) is 46.9 Å². The highest BCUT2D eigenvalue weighted by Gasteiger charge is 2.76. The Balaban J connectivity index is 2.86. The summed E-state index contributed by atoms with van der Waals surface area (Å²) in [5.74, 6) is -15.1. The average Bonchev–Trinajstić information content (AvgIpc) is 2.65. The number of carbonyl (C=O) groups excluding carboxylic acids is 1. The second-order valence-corrected chi connectivity index (χ2v) is 4.21. The van der Waals surface area contributed by atoms with Gasteiger partial charge in [-0.1, -0.05) is 0 Å². The van der Waals surface area contributed by atoms with Crippen molar-refractivity contribution in [3.8, 4) is 0 Å². The van der Waals surface area contributed by atoms with Crippen LogP contribution in [0.5, 0.6) is 0 Å². The smallest absolute Gasteiger partial charge is 0.346 e. The first-order valence-electron chi connectivity index (χ1n) is 5.40. The van der Waals surface area contributed by atoms with Gasteiger partial charge in [-0.05, 0) is 6.92 Å². The fourth-order valence-corrected chi connectivity index (χ4v) is 1.32. The molecule has 21 heavy (non-hydrogen) atoms. The standard InChI is InChI=1S/C10H10F7N3O/c1-5-6(4-19-20(5)2)3-18-7(21)8(11,12)9(13,14)10(15,16)17/h4H,3H2,1-2H3,(H,18,21). The summed E-state index contributed by atoms with van der Waals surface area (Å²) in [6.45, 7) is 0.846. The highest BCUT2D eigenvalue weighted by molar-refractivity contribution is 5.84. The number of alkyl halides is 7. The van der Waals surface area contributed by atoms with Crippen LogP contribution in [-0.4, -0.2) is 33.7 Å². The summed E-state index contributed by atoms with van der Waals surface area (Å²) < 4.78 is 88.2. The van der Waals surface area contributed by atoms with Crippen molar-refractivity contribution in [2.45, 2.75) is 31.5 Å². The van der Waals surface area contributed by atoms with Crippen LogP contribution in [0.3, 0.4) is 0 Å². The lowest BCUT2D eigenvalue weighted by molar-refractivity contribution is -0.344. The normalized spacial score (nSPS) is 13.4. The lowest BCUT2D eigenvalue weighted by Gasteiger charge is -2.27. The molecule has 0 unspecified atom stereocenters. The molecule has 0 aromatic carbocycles. The van der Waals surface area contributed by atoms with Gasteiger partial charge in [-0.25, -0.2) is 0 Å². The molecule has 120 valence electrons. The molecule has 1 N–H and O–H groups in total. The van der Waals surface area contributed by atoms with E-state index >= 15 is 0 Å². The molecule has 1 rings (SSSR count). The summed E-state index contributed by atoms with van der Waals surface area (Å²) >= 11 is 0. The van der Waals surface area contributed by atoms with Gasteiger partial charge in [0.15, 0.2) is 0 Å². The van der Waals surface area contributed by atoms with Gasteiger partial charge in [-0.15, -0.1) is 0 Å². The molecule has 0 aliphatic heterocycles. The molecule has 11 heteroatoms. The van der Waals surface area contributed by atoms with Crippen LogP contribution in [0, 0.1) is 6.92 Å². The molecule has 1 aromatic heterocycles. The third-order valence-electron chi connectivity index (χ3n) is 2.81. The average molecular weight is 321 g/mol. The first-order valence-corrected chi connectivity index (χ1v) is 5.40. The third kappa shape index (κ3) is 2.95. The van der Waals surface area contributed by atoms with Gasteiger partial charge in [-0.2, -0.15) is 35.8 Å². The number of nitrogens with one attached hydrogen (secondary N) is 1. The van der Waals surface area contributed by atoms with E-state index in [1.54, 1.807) is 0 Å². The highest BCUT2D eigenvalue weighted by Crippen LogP contribution is 2.46. The quantitative estimate of drug-likeness (QED) is 0.864. The fourth-order valence-electron chi connectivity index (χ4n) is 1.32. The maximum atomic E-state index is 13.0. The predicted octanol–water partition coefficient (Wildman–Crippen LogP) is 2.18. The van der Waals surface area contributed by atoms with Gasteiger partial charge in [0, 0.05) is 24.8 Å². The summed E-state index contributed by atoms with van der Waals surface area (Å²) in [6, 6.07) is 0. The lowest BCUT2D eigenvalue weighted by Crippen LogP contribution is -2.59. The number of rotatable bonds is 4. The van der Waals surface area contributed by atoms with E-state index in [4.69, 9.17) is 0 Å². The van der Waals surface area contributed by atoms with Crippen molar-refractivity contribution in [3.63, 3.8) is 0 Å². The summed E-state index contributed by atoms with van der Waals surface area (Å²) in [5, 5.41) is 5.04. The first kappa shape index (κ1) is 17.2. The summed E-state index contributed by atoms with van der Waals surface area (Å²) in [7, 11) is 1.49. The molecule has 0 saturated heterocycles. The van der Waals surface area contributed by atoms with Gasteiger partial charge in [-0.3, -0.25) is 9.48 Å². The Hall–Kier alpha value is -1.81. The number of amides is 1. The van der Waals surface area contributed by atoms with Gasteiger partial charge in [0.2, 0.25) is 0 Å². The van der Waals surface area contributed by atoms with Crippen LogP contribution >= 0.6 is 0 Å². The maximum absolute atomic E-state index is 13.0. The summed E-state index contributed by atoms with van der Waals surface area (Å²) in [4.78, 5) is 11.0. The van der Waals surface area contributed by atoms with Crippen LogP contribution in [0.15, 0.2) is 6.20 Å². The number of halogens is 7. The second-order valence-electron chi connectivity index (χ2n) is 4.21. The summed E-state index contributed by atoms with van der Waals surface area (Å²) in [6.07, 6.45) is -5.38. The minimum Gasteiger partial charge on any atom is -0.346 e. The Bertz CT molecular complexity index is 535. The van der Waals surface area contributed by atoms with E-state index in [1.807, 2.05) is 0 Å². The SMILES string of the molecule is Cc1c(CNC(=O)C(F)(F)C(F)(F)C(F)(F)F)cnn1C. The van der Waals surface area contributed by atoms with Crippen molar-refractivity contribution in [1.29, 1.82) is 0 Å². The van der Waals surface area contributed by atoms with Crippen LogP contribution in [0.1, 0.15) is 11.3 Å². The van der Waals surface area contributed by atoms with Crippen LogP contribution in [0.2, 0.25) is 0 Å². The predicted molar refractivity (Wildman–Crippen MR) is 55.7 cm³/mol. The van der Waals surface area contributed by atoms with E-state index in [9.17, 15) is 35.5 Å². The second kappa shape index (κ2) is 5.19. The van der Waals surface area contributed by atoms with E-state index in [0.29, 0.717) is 5.69 Å². The number of hydrogen-bond acceptors (Lipinski definition) is 2. The first-order chi connectivity index (χ1) is 9.32. The van der Waals surface area contributed by atoms with Crippen molar-refractivity contribution >= 4 is 5.91 Å². The Morgan fingerprint density at radius 1 is 1.24 bits per heavy atom. The number of aromatic nitrogens is 2. The van der Waals surface area contributed by atoms with Crippen LogP contribution in [-0.2, 0) is 18.4 Å². The van der Waals surface area contributed by atoms with E-state index in [2.05, 4.69) is 5.10 Å². The Morgan fingerprint density at radius 3 is 2.14 bits per heavy atom. The maximum Gasteiger partial charge on any atom is 0.460 e. The van der Waals surface area contributed by atoms with Gasteiger partial charge in [0.25, 0.3) is 5.91 Å². The number of hydrogen-bond donors (Lipinski definition) is 1. The van der Waals surface area contributed by atoms with Crippen LogP contribution in [0.4, 0.5) is 30.7 Å². The molecule has 0 saturated carbocycles. The van der Waals surface area contributed by atoms with Crippen molar-refractivity contribution in [3.05, 3.63) is 17.5 Å². The Morgan fingerprint density at radius 2 is 1.76 bits per heavy atom. The molecule has 0 atom stereocenters. The van der Waals surface area contributed by atoms with Gasteiger partial charge < -0.3 is 5.32 Å². The van der Waals surface area contributed by atoms with Gasteiger partial charge in [0.05, 0.1) is 6.20 Å². The number of carbonyl (C=O) groups is 1. The highest BCUT2D eigenvalue weighted by atomic mass is 19.4. The number of nitrogens with zero attached hydrogens (tertiary/aromatic N) is 2. The molecular formula is C10H10F7N3O. The van der Waals surface area contributed by atoms with Crippen LogP contribution in [0.25, 0.3) is 0 Å². The molecular weight excluding hydrogens is 311 g/mol. The van der Waals surface area contributed by atoms with E-state index < -0.39 is 30.5 Å². The zero-order valence-electron chi connectivity index (χ0n) is 10.7. The molecule has 0 aliphatic rings. The van der Waals surface area contributed by atoms with Crippen LogP contribution < -0.4 is 5.32 Å². The Labute approximate surface area is 113 Å². The molecule has 0 bridgehead atoms. The molecule has 4 nitrogen and oxygen atoms in total. The van der Waals surface area contributed by atoms with Crippen molar-refractivity contribution in [2.24, 2.45) is 7.05 Å². The fraction of sp³-hybridized carbons (Fsp3) is 0.600. The summed E-state index contributed by atoms with van der Waals surface area (Å²) in [5.41, 5.74) is 0.637. The molecule has 1 heterocycles.